The number of aromatic nitrogens is 3. The summed E-state index contributed by atoms with van der Waals surface area (Å²) in [7, 11) is 3.76. The molecule has 0 aliphatic carbocycles. The quantitative estimate of drug-likeness (QED) is 0.556. The van der Waals surface area contributed by atoms with Crippen LogP contribution in [0.1, 0.15) is 11.4 Å². The lowest BCUT2D eigenvalue weighted by atomic mass is 10.2. The molecule has 7 heteroatoms. The molecule has 0 spiro atoms. The second-order valence-electron chi connectivity index (χ2n) is 5.33. The molecule has 0 aliphatic rings. The highest BCUT2D eigenvalue weighted by Gasteiger charge is 2.10. The van der Waals surface area contributed by atoms with Crippen LogP contribution >= 0.6 is 0 Å². The Morgan fingerprint density at radius 3 is 2.79 bits per heavy atom. The molecule has 0 aliphatic heterocycles. The molecule has 24 heavy (non-hydrogen) atoms. The Morgan fingerprint density at radius 1 is 1.25 bits per heavy atom. The van der Waals surface area contributed by atoms with Crippen LogP contribution in [0.2, 0.25) is 0 Å². The Kier molecular flexibility index (Phi) is 4.90. The Hall–Kier alpha value is -3.09. The fourth-order valence-corrected chi connectivity index (χ4v) is 2.37. The van der Waals surface area contributed by atoms with Crippen LogP contribution in [0.5, 0.6) is 0 Å². The molecule has 1 aromatic carbocycles. The third-order valence-electron chi connectivity index (χ3n) is 3.52. The van der Waals surface area contributed by atoms with Crippen LogP contribution in [0.3, 0.4) is 0 Å². The topological polar surface area (TPSA) is 82.3 Å². The highest BCUT2D eigenvalue weighted by Crippen LogP contribution is 2.14. The summed E-state index contributed by atoms with van der Waals surface area (Å²) in [5.74, 6) is 2.69. The van der Waals surface area contributed by atoms with E-state index >= 15 is 0 Å². The molecule has 0 saturated heterocycles. The zero-order valence-electron chi connectivity index (χ0n) is 13.7. The third kappa shape index (κ3) is 3.81. The summed E-state index contributed by atoms with van der Waals surface area (Å²) in [6.45, 7) is 1.27. The van der Waals surface area contributed by atoms with Gasteiger partial charge in [-0.25, -0.2) is 4.98 Å². The number of H-pyrrole nitrogens is 1. The van der Waals surface area contributed by atoms with E-state index in [4.69, 9.17) is 4.42 Å². The number of hydrogen-bond acceptors (Lipinski definition) is 4. The molecule has 0 saturated carbocycles. The minimum atomic E-state index is 0.500. The van der Waals surface area contributed by atoms with Gasteiger partial charge in [-0.05, 0) is 17.7 Å². The molecule has 0 atom stereocenters. The van der Waals surface area contributed by atoms with Crippen molar-refractivity contribution in [2.45, 2.75) is 13.1 Å². The summed E-state index contributed by atoms with van der Waals surface area (Å²) in [6, 6.07) is 13.9. The van der Waals surface area contributed by atoms with Gasteiger partial charge < -0.3 is 14.6 Å². The van der Waals surface area contributed by atoms with Crippen LogP contribution in [0.25, 0.3) is 11.6 Å². The van der Waals surface area contributed by atoms with Crippen molar-refractivity contribution in [1.29, 1.82) is 0 Å². The first-order chi connectivity index (χ1) is 11.8. The molecule has 0 bridgehead atoms. The van der Waals surface area contributed by atoms with Gasteiger partial charge in [0.1, 0.15) is 5.82 Å². The molecule has 0 radical (unpaired) electrons. The van der Waals surface area contributed by atoms with E-state index in [-0.39, 0.29) is 0 Å². The highest BCUT2D eigenvalue weighted by atomic mass is 16.3. The second kappa shape index (κ2) is 7.45. The maximum absolute atomic E-state index is 5.29. The van der Waals surface area contributed by atoms with Crippen molar-refractivity contribution in [3.8, 4) is 11.6 Å². The van der Waals surface area contributed by atoms with E-state index in [1.165, 1.54) is 5.56 Å². The summed E-state index contributed by atoms with van der Waals surface area (Å²) in [6.07, 6.45) is 1.60. The fraction of sp³-hybridized carbons (Fsp3) is 0.235. The van der Waals surface area contributed by atoms with Gasteiger partial charge in [0.25, 0.3) is 0 Å². The fourth-order valence-electron chi connectivity index (χ4n) is 2.37. The van der Waals surface area contributed by atoms with Crippen LogP contribution < -0.4 is 5.32 Å². The second-order valence-corrected chi connectivity index (χ2v) is 5.33. The molecule has 2 aromatic heterocycles. The number of rotatable bonds is 5. The number of aliphatic imine (C=N–C) groups is 1. The Labute approximate surface area is 140 Å². The normalized spacial score (nSPS) is 11.5. The minimum absolute atomic E-state index is 0.500. The average Bonchev–Trinajstić information content (AvgIpc) is 3.28. The zero-order chi connectivity index (χ0) is 16.8. The summed E-state index contributed by atoms with van der Waals surface area (Å²) in [4.78, 5) is 10.8. The maximum atomic E-state index is 5.29. The van der Waals surface area contributed by atoms with Crippen LogP contribution in [0, 0.1) is 0 Å². The van der Waals surface area contributed by atoms with Crippen molar-refractivity contribution < 1.29 is 4.42 Å². The molecule has 2 N–H and O–H groups in total. The molecule has 0 fully saturated rings. The summed E-state index contributed by atoms with van der Waals surface area (Å²) in [5.41, 5.74) is 1.22. The molecule has 124 valence electrons. The van der Waals surface area contributed by atoms with Crippen molar-refractivity contribution in [3.63, 3.8) is 0 Å². The summed E-state index contributed by atoms with van der Waals surface area (Å²) in [5, 5.41) is 10.3. The van der Waals surface area contributed by atoms with Crippen LogP contribution in [-0.2, 0) is 13.1 Å². The van der Waals surface area contributed by atoms with Crippen molar-refractivity contribution >= 4 is 5.96 Å². The first-order valence-corrected chi connectivity index (χ1v) is 7.67. The van der Waals surface area contributed by atoms with Gasteiger partial charge >= 0.3 is 0 Å². The van der Waals surface area contributed by atoms with Crippen LogP contribution in [0.4, 0.5) is 0 Å². The first-order valence-electron chi connectivity index (χ1n) is 7.67. The average molecular weight is 324 g/mol. The number of guanidine groups is 1. The van der Waals surface area contributed by atoms with Gasteiger partial charge in [-0.1, -0.05) is 30.3 Å². The Morgan fingerprint density at radius 2 is 2.08 bits per heavy atom. The van der Waals surface area contributed by atoms with Crippen molar-refractivity contribution in [3.05, 3.63) is 60.1 Å². The lowest BCUT2D eigenvalue weighted by Gasteiger charge is -2.21. The minimum Gasteiger partial charge on any atom is -0.461 e. The van der Waals surface area contributed by atoms with Crippen molar-refractivity contribution in [2.75, 3.05) is 14.1 Å². The SMILES string of the molecule is CN=C(NCc1nc(-c2ccco2)n[nH]1)N(C)Cc1ccccc1. The Bertz CT molecular complexity index is 779. The summed E-state index contributed by atoms with van der Waals surface area (Å²) >= 11 is 0. The van der Waals surface area contributed by atoms with E-state index in [1.807, 2.05) is 37.4 Å². The van der Waals surface area contributed by atoms with E-state index in [9.17, 15) is 0 Å². The largest absolute Gasteiger partial charge is 0.461 e. The smallest absolute Gasteiger partial charge is 0.216 e. The molecule has 0 unspecified atom stereocenters. The van der Waals surface area contributed by atoms with E-state index in [1.54, 1.807) is 13.3 Å². The van der Waals surface area contributed by atoms with Gasteiger partial charge in [0.05, 0.1) is 12.8 Å². The number of benzene rings is 1. The van der Waals surface area contributed by atoms with Gasteiger partial charge in [-0.15, -0.1) is 5.10 Å². The van der Waals surface area contributed by atoms with E-state index < -0.39 is 0 Å². The predicted molar refractivity (Wildman–Crippen MR) is 92.2 cm³/mol. The lowest BCUT2D eigenvalue weighted by Crippen LogP contribution is -2.38. The number of nitrogens with one attached hydrogen (secondary N) is 2. The molecule has 3 rings (SSSR count). The van der Waals surface area contributed by atoms with Gasteiger partial charge in [0.15, 0.2) is 11.7 Å². The van der Waals surface area contributed by atoms with Gasteiger partial charge in [0, 0.05) is 20.6 Å². The van der Waals surface area contributed by atoms with Gasteiger partial charge in [-0.3, -0.25) is 10.1 Å². The van der Waals surface area contributed by atoms with E-state index in [2.05, 4.69) is 42.5 Å². The predicted octanol–water partition coefficient (Wildman–Crippen LogP) is 2.27. The highest BCUT2D eigenvalue weighted by molar-refractivity contribution is 5.79. The van der Waals surface area contributed by atoms with Crippen LogP contribution in [-0.4, -0.2) is 40.1 Å². The van der Waals surface area contributed by atoms with Gasteiger partial charge in [-0.2, -0.15) is 0 Å². The van der Waals surface area contributed by atoms with Crippen molar-refractivity contribution in [1.82, 2.24) is 25.4 Å². The maximum Gasteiger partial charge on any atom is 0.216 e. The van der Waals surface area contributed by atoms with Crippen molar-refractivity contribution in [2.24, 2.45) is 4.99 Å². The van der Waals surface area contributed by atoms with Gasteiger partial charge in [0.2, 0.25) is 5.82 Å². The first kappa shape index (κ1) is 15.8. The molecule has 7 nitrogen and oxygen atoms in total. The lowest BCUT2D eigenvalue weighted by molar-refractivity contribution is 0.475. The Balaban J connectivity index is 1.58. The summed E-state index contributed by atoms with van der Waals surface area (Å²) < 4.78 is 5.29. The molecular weight excluding hydrogens is 304 g/mol. The number of aromatic amines is 1. The number of furan rings is 1. The number of nitrogens with zero attached hydrogens (tertiary/aromatic N) is 4. The molecular formula is C17H20N6O. The van der Waals surface area contributed by atoms with Crippen LogP contribution in [0.15, 0.2) is 58.1 Å². The molecule has 0 amide bonds. The standard InChI is InChI=1S/C17H20N6O/c1-18-17(23(2)12-13-7-4-3-5-8-13)19-11-15-20-16(22-21-15)14-9-6-10-24-14/h3-10H,11-12H2,1-2H3,(H,18,19)(H,20,21,22). The van der Waals surface area contributed by atoms with E-state index in [0.717, 1.165) is 18.3 Å². The monoisotopic (exact) mass is 324 g/mol. The zero-order valence-corrected chi connectivity index (χ0v) is 13.7. The number of hydrogen-bond donors (Lipinski definition) is 2. The van der Waals surface area contributed by atoms with E-state index in [0.29, 0.717) is 18.1 Å². The molecule has 3 aromatic rings. The third-order valence-corrected chi connectivity index (χ3v) is 3.52. The molecule has 2 heterocycles.